The number of pyridine rings is 1. The highest BCUT2D eigenvalue weighted by molar-refractivity contribution is 6.46. The van der Waals surface area contributed by atoms with Gasteiger partial charge < -0.3 is 14.9 Å². The Labute approximate surface area is 194 Å². The number of hydrogen-bond donors (Lipinski definition) is 1. The Morgan fingerprint density at radius 2 is 1.76 bits per heavy atom. The van der Waals surface area contributed by atoms with E-state index in [4.69, 9.17) is 0 Å². The second-order valence-electron chi connectivity index (χ2n) is 8.26. The summed E-state index contributed by atoms with van der Waals surface area (Å²) >= 11 is 0. The number of aromatic nitrogens is 2. The lowest BCUT2D eigenvalue weighted by Crippen LogP contribution is -2.33. The predicted molar refractivity (Wildman–Crippen MR) is 128 cm³/mol. The molecular formula is C26H30N4O3. The molecule has 7 heteroatoms. The molecule has 1 saturated heterocycles. The molecule has 0 aliphatic carbocycles. The van der Waals surface area contributed by atoms with Crippen molar-refractivity contribution in [2.45, 2.75) is 33.2 Å². The van der Waals surface area contributed by atoms with Gasteiger partial charge in [-0.3, -0.25) is 14.0 Å². The minimum absolute atomic E-state index is 0.114. The SMILES string of the molecule is CCN(CC)CCCN1C(=O)C(=O)C(=C(O)c2c(C)nc3ccccn23)C1c1ccccc1. The maximum atomic E-state index is 13.2. The van der Waals surface area contributed by atoms with E-state index in [1.54, 1.807) is 22.4 Å². The quantitative estimate of drug-likeness (QED) is 0.324. The monoisotopic (exact) mass is 446 g/mol. The molecule has 1 atom stereocenters. The molecule has 0 bridgehead atoms. The highest BCUT2D eigenvalue weighted by atomic mass is 16.3. The fourth-order valence-electron chi connectivity index (χ4n) is 4.62. The largest absolute Gasteiger partial charge is 0.505 e. The van der Waals surface area contributed by atoms with Crippen molar-refractivity contribution in [2.24, 2.45) is 0 Å². The molecule has 1 amide bonds. The molecule has 1 aliphatic heterocycles. The van der Waals surface area contributed by atoms with E-state index in [1.165, 1.54) is 0 Å². The summed E-state index contributed by atoms with van der Waals surface area (Å²) in [6, 6.07) is 14.3. The first-order valence-electron chi connectivity index (χ1n) is 11.5. The maximum Gasteiger partial charge on any atom is 0.295 e. The van der Waals surface area contributed by atoms with E-state index in [1.807, 2.05) is 48.5 Å². The first-order valence-corrected chi connectivity index (χ1v) is 11.5. The van der Waals surface area contributed by atoms with Gasteiger partial charge in [0.2, 0.25) is 0 Å². The molecule has 7 nitrogen and oxygen atoms in total. The number of aliphatic hydroxyl groups excluding tert-OH is 1. The minimum atomic E-state index is -0.658. The molecule has 1 aliphatic rings. The van der Waals surface area contributed by atoms with Crippen molar-refractivity contribution >= 4 is 23.1 Å². The number of amides is 1. The van der Waals surface area contributed by atoms with Crippen LogP contribution < -0.4 is 0 Å². The number of aliphatic hydroxyl groups is 1. The Balaban J connectivity index is 1.80. The van der Waals surface area contributed by atoms with Gasteiger partial charge in [-0.25, -0.2) is 4.98 Å². The van der Waals surface area contributed by atoms with E-state index in [-0.39, 0.29) is 11.3 Å². The zero-order chi connectivity index (χ0) is 23.5. The van der Waals surface area contributed by atoms with Crippen molar-refractivity contribution in [3.8, 4) is 0 Å². The number of aryl methyl sites for hydroxylation is 1. The molecule has 172 valence electrons. The Kier molecular flexibility index (Phi) is 6.60. The number of Topliss-reactive ketones (excluding diaryl/α,β-unsaturated/α-hetero) is 1. The number of fused-ring (bicyclic) bond motifs is 1. The van der Waals surface area contributed by atoms with E-state index in [0.717, 1.165) is 31.6 Å². The molecule has 1 N–H and O–H groups in total. The highest BCUT2D eigenvalue weighted by Crippen LogP contribution is 2.39. The molecule has 3 aromatic rings. The van der Waals surface area contributed by atoms with Crippen LogP contribution in [0.5, 0.6) is 0 Å². The maximum absolute atomic E-state index is 13.2. The van der Waals surface area contributed by atoms with Crippen LogP contribution in [0.4, 0.5) is 0 Å². The van der Waals surface area contributed by atoms with Crippen LogP contribution in [0.15, 0.2) is 60.3 Å². The summed E-state index contributed by atoms with van der Waals surface area (Å²) in [5.74, 6) is -1.42. The molecule has 33 heavy (non-hydrogen) atoms. The number of benzene rings is 1. The summed E-state index contributed by atoms with van der Waals surface area (Å²) in [6.07, 6.45) is 2.54. The van der Waals surface area contributed by atoms with Gasteiger partial charge in [-0.15, -0.1) is 0 Å². The number of carbonyl (C=O) groups is 2. The molecule has 1 unspecified atom stereocenters. The molecule has 2 aromatic heterocycles. The fraction of sp³-hybridized carbons (Fsp3) is 0.346. The first kappa shape index (κ1) is 22.7. The summed E-state index contributed by atoms with van der Waals surface area (Å²) in [4.78, 5) is 34.8. The van der Waals surface area contributed by atoms with Crippen molar-refractivity contribution in [1.82, 2.24) is 19.2 Å². The van der Waals surface area contributed by atoms with Gasteiger partial charge >= 0.3 is 0 Å². The van der Waals surface area contributed by atoms with Crippen molar-refractivity contribution in [3.63, 3.8) is 0 Å². The lowest BCUT2D eigenvalue weighted by Gasteiger charge is -2.26. The molecule has 3 heterocycles. The van der Waals surface area contributed by atoms with Crippen molar-refractivity contribution in [3.05, 3.63) is 77.3 Å². The van der Waals surface area contributed by atoms with Crippen LogP contribution >= 0.6 is 0 Å². The van der Waals surface area contributed by atoms with Gasteiger partial charge in [0.05, 0.1) is 17.3 Å². The normalized spacial score (nSPS) is 18.1. The van der Waals surface area contributed by atoms with Crippen LogP contribution in [0.25, 0.3) is 11.4 Å². The van der Waals surface area contributed by atoms with E-state index in [9.17, 15) is 14.7 Å². The van der Waals surface area contributed by atoms with Gasteiger partial charge in [0.25, 0.3) is 11.7 Å². The summed E-state index contributed by atoms with van der Waals surface area (Å²) in [6.45, 7) is 9.15. The molecular weight excluding hydrogens is 416 g/mol. The lowest BCUT2D eigenvalue weighted by molar-refractivity contribution is -0.140. The minimum Gasteiger partial charge on any atom is -0.505 e. The number of hydrogen-bond acceptors (Lipinski definition) is 5. The van der Waals surface area contributed by atoms with Gasteiger partial charge in [-0.05, 0) is 50.7 Å². The van der Waals surface area contributed by atoms with Crippen LogP contribution in [0.1, 0.15) is 43.3 Å². The molecule has 0 saturated carbocycles. The molecule has 1 aromatic carbocycles. The third-order valence-electron chi connectivity index (χ3n) is 6.35. The van der Waals surface area contributed by atoms with E-state index < -0.39 is 17.7 Å². The average molecular weight is 447 g/mol. The molecule has 4 rings (SSSR count). The van der Waals surface area contributed by atoms with E-state index >= 15 is 0 Å². The van der Waals surface area contributed by atoms with Crippen molar-refractivity contribution in [1.29, 1.82) is 0 Å². The lowest BCUT2D eigenvalue weighted by atomic mass is 9.96. The predicted octanol–water partition coefficient (Wildman–Crippen LogP) is 3.80. The Morgan fingerprint density at radius 1 is 1.06 bits per heavy atom. The number of rotatable bonds is 8. The summed E-state index contributed by atoms with van der Waals surface area (Å²) in [5.41, 5.74) is 2.61. The van der Waals surface area contributed by atoms with Crippen LogP contribution in [0.2, 0.25) is 0 Å². The second-order valence-corrected chi connectivity index (χ2v) is 8.26. The Morgan fingerprint density at radius 3 is 2.45 bits per heavy atom. The fourth-order valence-corrected chi connectivity index (χ4v) is 4.62. The third-order valence-corrected chi connectivity index (χ3v) is 6.35. The number of imidazole rings is 1. The van der Waals surface area contributed by atoms with Crippen LogP contribution in [-0.2, 0) is 9.59 Å². The summed E-state index contributed by atoms with van der Waals surface area (Å²) < 4.78 is 1.75. The van der Waals surface area contributed by atoms with Gasteiger partial charge in [0.1, 0.15) is 11.3 Å². The van der Waals surface area contributed by atoms with Gasteiger partial charge in [-0.2, -0.15) is 0 Å². The zero-order valence-electron chi connectivity index (χ0n) is 19.4. The van der Waals surface area contributed by atoms with Crippen LogP contribution in [-0.4, -0.2) is 62.2 Å². The summed E-state index contributed by atoms with van der Waals surface area (Å²) in [7, 11) is 0. The van der Waals surface area contributed by atoms with Gasteiger partial charge in [0.15, 0.2) is 5.76 Å². The standard InChI is InChI=1S/C26H30N4O3/c1-4-28(5-2)15-11-17-30-23(19-12-7-6-8-13-19)21(25(32)26(30)33)24(31)22-18(3)27-20-14-9-10-16-29(20)22/h6-10,12-14,16,23,31H,4-5,11,15,17H2,1-3H3. The van der Waals surface area contributed by atoms with Crippen molar-refractivity contribution in [2.75, 3.05) is 26.2 Å². The highest BCUT2D eigenvalue weighted by Gasteiger charge is 2.46. The van der Waals surface area contributed by atoms with Gasteiger partial charge in [-0.1, -0.05) is 50.2 Å². The van der Waals surface area contributed by atoms with E-state index in [2.05, 4.69) is 23.7 Å². The smallest absolute Gasteiger partial charge is 0.295 e. The number of ketones is 1. The summed E-state index contributed by atoms with van der Waals surface area (Å²) in [5, 5.41) is 11.4. The van der Waals surface area contributed by atoms with E-state index in [0.29, 0.717) is 23.6 Å². The number of nitrogens with zero attached hydrogens (tertiary/aromatic N) is 4. The number of likely N-dealkylation sites (tertiary alicyclic amines) is 1. The topological polar surface area (TPSA) is 78.2 Å². The Hall–Kier alpha value is -3.45. The molecule has 0 radical (unpaired) electrons. The zero-order valence-corrected chi connectivity index (χ0v) is 19.4. The van der Waals surface area contributed by atoms with Crippen LogP contribution in [0, 0.1) is 6.92 Å². The average Bonchev–Trinajstić information content (AvgIpc) is 3.30. The Bertz CT molecular complexity index is 1190. The molecule has 1 fully saturated rings. The first-order chi connectivity index (χ1) is 16.0. The second kappa shape index (κ2) is 9.58. The van der Waals surface area contributed by atoms with Crippen molar-refractivity contribution < 1.29 is 14.7 Å². The molecule has 0 spiro atoms. The van der Waals surface area contributed by atoms with Gasteiger partial charge in [0, 0.05) is 12.7 Å². The number of carbonyl (C=O) groups excluding carboxylic acids is 2. The third kappa shape index (κ3) is 4.16. The van der Waals surface area contributed by atoms with Crippen LogP contribution in [0.3, 0.4) is 0 Å².